The number of nitrogens with zero attached hydrogens (tertiary/aromatic N) is 3. The number of carbonyl (C=O) groups excluding carboxylic acids is 1. The number of aromatic nitrogens is 4. The molecule has 0 atom stereocenters. The van der Waals surface area contributed by atoms with Gasteiger partial charge >= 0.3 is 0 Å². The average molecular weight is 422 g/mol. The Morgan fingerprint density at radius 1 is 1.20 bits per heavy atom. The van der Waals surface area contributed by atoms with E-state index in [-0.39, 0.29) is 17.9 Å². The third-order valence-electron chi connectivity index (χ3n) is 5.26. The molecule has 1 aromatic carbocycles. The van der Waals surface area contributed by atoms with Crippen LogP contribution >= 0.6 is 11.3 Å². The largest absolute Gasteiger partial charge is 0.307 e. The van der Waals surface area contributed by atoms with E-state index in [4.69, 9.17) is 0 Å². The van der Waals surface area contributed by atoms with E-state index in [2.05, 4.69) is 20.4 Å². The van der Waals surface area contributed by atoms with Gasteiger partial charge in [-0.15, -0.1) is 11.3 Å². The third kappa shape index (κ3) is 3.78. The van der Waals surface area contributed by atoms with Crippen LogP contribution in [-0.2, 0) is 18.3 Å². The summed E-state index contributed by atoms with van der Waals surface area (Å²) < 4.78 is 1.67. The molecule has 0 bridgehead atoms. The van der Waals surface area contributed by atoms with E-state index in [0.717, 1.165) is 27.9 Å². The van der Waals surface area contributed by atoms with Crippen LogP contribution in [0.25, 0.3) is 22.3 Å². The van der Waals surface area contributed by atoms with Crippen LogP contribution in [0.1, 0.15) is 28.8 Å². The summed E-state index contributed by atoms with van der Waals surface area (Å²) >= 11 is 1.39. The molecule has 3 aromatic heterocycles. The topological polar surface area (TPSA) is 92.7 Å². The average Bonchev–Trinajstić information content (AvgIpc) is 3.26. The van der Waals surface area contributed by atoms with Crippen molar-refractivity contribution in [1.29, 1.82) is 0 Å². The Hall–Kier alpha value is -3.26. The van der Waals surface area contributed by atoms with E-state index in [1.165, 1.54) is 16.9 Å². The molecule has 1 amide bonds. The molecular formula is C22H23N5O2S. The number of thiazole rings is 1. The van der Waals surface area contributed by atoms with Crippen LogP contribution < -0.4 is 10.9 Å². The van der Waals surface area contributed by atoms with Crippen molar-refractivity contribution >= 4 is 33.4 Å². The highest BCUT2D eigenvalue weighted by molar-refractivity contribution is 7.14. The number of pyridine rings is 1. The Balaban J connectivity index is 1.46. The Morgan fingerprint density at radius 3 is 2.67 bits per heavy atom. The summed E-state index contributed by atoms with van der Waals surface area (Å²) in [5.41, 5.74) is 5.92. The van der Waals surface area contributed by atoms with E-state index < -0.39 is 0 Å². The van der Waals surface area contributed by atoms with Gasteiger partial charge < -0.3 is 10.3 Å². The molecule has 0 aliphatic rings. The minimum atomic E-state index is -0.174. The molecule has 154 valence electrons. The molecule has 0 saturated heterocycles. The summed E-state index contributed by atoms with van der Waals surface area (Å²) in [6, 6.07) is 8.10. The Labute approximate surface area is 177 Å². The van der Waals surface area contributed by atoms with Crippen molar-refractivity contribution in [3.8, 4) is 11.3 Å². The van der Waals surface area contributed by atoms with Crippen LogP contribution in [0.2, 0.25) is 0 Å². The van der Waals surface area contributed by atoms with Gasteiger partial charge in [-0.25, -0.2) is 4.98 Å². The number of hydrogen-bond acceptors (Lipinski definition) is 5. The van der Waals surface area contributed by atoms with Gasteiger partial charge in [0, 0.05) is 35.4 Å². The molecule has 0 aliphatic heterocycles. The number of hydrogen-bond donors (Lipinski definition) is 2. The first-order chi connectivity index (χ1) is 14.3. The van der Waals surface area contributed by atoms with Gasteiger partial charge in [-0.2, -0.15) is 5.10 Å². The minimum Gasteiger partial charge on any atom is -0.307 e. The van der Waals surface area contributed by atoms with Crippen molar-refractivity contribution in [2.24, 2.45) is 7.05 Å². The second-order valence-electron chi connectivity index (χ2n) is 7.44. The summed E-state index contributed by atoms with van der Waals surface area (Å²) in [6.45, 7) is 5.86. The number of aryl methyl sites for hydroxylation is 4. The lowest BCUT2D eigenvalue weighted by Crippen LogP contribution is -2.19. The monoisotopic (exact) mass is 421 g/mol. The smallest absolute Gasteiger partial charge is 0.253 e. The summed E-state index contributed by atoms with van der Waals surface area (Å²) in [7, 11) is 1.80. The number of fused-ring (bicyclic) bond motifs is 1. The number of aromatic amines is 1. The highest BCUT2D eigenvalue weighted by atomic mass is 32.1. The normalized spacial score (nSPS) is 11.2. The molecule has 7 nitrogen and oxygen atoms in total. The molecule has 0 unspecified atom stereocenters. The molecule has 2 N–H and O–H groups in total. The van der Waals surface area contributed by atoms with Crippen LogP contribution in [0, 0.1) is 20.8 Å². The highest BCUT2D eigenvalue weighted by Gasteiger charge is 2.16. The SMILES string of the molecule is Cc1ccc(-c2csc(NC(=O)CCc3c(C)c4c(C)nn(C)c4[nH]c3=O)n2)cc1. The van der Waals surface area contributed by atoms with Crippen LogP contribution in [0.3, 0.4) is 0 Å². The van der Waals surface area contributed by atoms with Gasteiger partial charge in [0.1, 0.15) is 5.65 Å². The minimum absolute atomic E-state index is 0.165. The molecule has 4 rings (SSSR count). The maximum atomic E-state index is 12.5. The van der Waals surface area contributed by atoms with Gasteiger partial charge in [0.05, 0.1) is 11.4 Å². The van der Waals surface area contributed by atoms with Gasteiger partial charge in [0.15, 0.2) is 5.13 Å². The zero-order chi connectivity index (χ0) is 21.4. The maximum absolute atomic E-state index is 12.5. The molecule has 0 aliphatic carbocycles. The summed E-state index contributed by atoms with van der Waals surface area (Å²) in [4.78, 5) is 32.4. The lowest BCUT2D eigenvalue weighted by Gasteiger charge is -2.07. The first-order valence-corrected chi connectivity index (χ1v) is 10.6. The maximum Gasteiger partial charge on any atom is 0.253 e. The second kappa shape index (κ2) is 7.87. The zero-order valence-corrected chi connectivity index (χ0v) is 18.2. The van der Waals surface area contributed by atoms with Crippen molar-refractivity contribution < 1.29 is 4.79 Å². The van der Waals surface area contributed by atoms with Crippen LogP contribution in [0.4, 0.5) is 5.13 Å². The van der Waals surface area contributed by atoms with Crippen molar-refractivity contribution in [1.82, 2.24) is 19.7 Å². The van der Waals surface area contributed by atoms with E-state index in [9.17, 15) is 9.59 Å². The van der Waals surface area contributed by atoms with Gasteiger partial charge in [-0.3, -0.25) is 14.3 Å². The number of anilines is 1. The van der Waals surface area contributed by atoms with Crippen molar-refractivity contribution in [3.63, 3.8) is 0 Å². The quantitative estimate of drug-likeness (QED) is 0.511. The number of carbonyl (C=O) groups is 1. The van der Waals surface area contributed by atoms with Crippen molar-refractivity contribution in [3.05, 3.63) is 62.4 Å². The highest BCUT2D eigenvalue weighted by Crippen LogP contribution is 2.25. The second-order valence-corrected chi connectivity index (χ2v) is 8.30. The van der Waals surface area contributed by atoms with Crippen LogP contribution in [-0.4, -0.2) is 25.7 Å². The Bertz CT molecular complexity index is 1300. The van der Waals surface area contributed by atoms with Gasteiger partial charge in [-0.1, -0.05) is 29.8 Å². The summed E-state index contributed by atoms with van der Waals surface area (Å²) in [5, 5.41) is 10.6. The van der Waals surface area contributed by atoms with Crippen molar-refractivity contribution in [2.45, 2.75) is 33.6 Å². The fraction of sp³-hybridized carbons (Fsp3) is 0.273. The Morgan fingerprint density at radius 2 is 1.93 bits per heavy atom. The van der Waals surface area contributed by atoms with Gasteiger partial charge in [0.2, 0.25) is 5.91 Å². The lowest BCUT2D eigenvalue weighted by molar-refractivity contribution is -0.116. The van der Waals surface area contributed by atoms with E-state index in [0.29, 0.717) is 22.8 Å². The zero-order valence-electron chi connectivity index (χ0n) is 17.4. The molecule has 0 saturated carbocycles. The molecule has 8 heteroatoms. The van der Waals surface area contributed by atoms with Gasteiger partial charge in [0.25, 0.3) is 5.56 Å². The summed E-state index contributed by atoms with van der Waals surface area (Å²) in [6.07, 6.45) is 0.557. The fourth-order valence-corrected chi connectivity index (χ4v) is 4.40. The number of benzene rings is 1. The molecule has 0 radical (unpaired) electrons. The predicted molar refractivity (Wildman–Crippen MR) is 120 cm³/mol. The Kier molecular flexibility index (Phi) is 5.26. The molecular weight excluding hydrogens is 398 g/mol. The summed E-state index contributed by atoms with van der Waals surface area (Å²) in [5.74, 6) is -0.165. The molecule has 0 fully saturated rings. The fourth-order valence-electron chi connectivity index (χ4n) is 3.66. The van der Waals surface area contributed by atoms with Crippen LogP contribution in [0.5, 0.6) is 0 Å². The molecule has 3 heterocycles. The van der Waals surface area contributed by atoms with E-state index >= 15 is 0 Å². The predicted octanol–water partition coefficient (Wildman–Crippen LogP) is 3.88. The molecule has 4 aromatic rings. The van der Waals surface area contributed by atoms with E-state index in [1.54, 1.807) is 11.7 Å². The first kappa shape index (κ1) is 20.0. The standard InChI is InChI=1S/C22H23N5O2S/c1-12-5-7-15(8-6-12)17-11-30-22(23-17)24-18(28)10-9-16-13(2)19-14(3)26-27(4)20(19)25-21(16)29/h5-8,11H,9-10H2,1-4H3,(H,25,29)(H,23,24,28). The van der Waals surface area contributed by atoms with Crippen molar-refractivity contribution in [2.75, 3.05) is 5.32 Å². The van der Waals surface area contributed by atoms with E-state index in [1.807, 2.05) is 50.4 Å². The number of nitrogens with one attached hydrogen (secondary N) is 2. The first-order valence-electron chi connectivity index (χ1n) is 9.71. The number of amides is 1. The molecule has 0 spiro atoms. The third-order valence-corrected chi connectivity index (χ3v) is 6.01. The number of H-pyrrole nitrogens is 1. The van der Waals surface area contributed by atoms with Gasteiger partial charge in [-0.05, 0) is 32.8 Å². The lowest BCUT2D eigenvalue weighted by atomic mass is 10.0. The molecule has 30 heavy (non-hydrogen) atoms. The van der Waals surface area contributed by atoms with Crippen LogP contribution in [0.15, 0.2) is 34.4 Å². The number of rotatable bonds is 5.